The molecule has 0 aliphatic carbocycles. The molecule has 25 heavy (non-hydrogen) atoms. The van der Waals surface area contributed by atoms with Gasteiger partial charge in [0.2, 0.25) is 5.91 Å². The van der Waals surface area contributed by atoms with E-state index in [0.29, 0.717) is 13.1 Å². The molecule has 1 amide bonds. The lowest BCUT2D eigenvalue weighted by Crippen LogP contribution is -2.49. The lowest BCUT2D eigenvalue weighted by molar-refractivity contribution is -0.122. The fraction of sp³-hybridized carbons (Fsp3) is 0.350. The summed E-state index contributed by atoms with van der Waals surface area (Å²) in [6, 6.07) is 18.1. The van der Waals surface area contributed by atoms with Crippen LogP contribution in [0.25, 0.3) is 0 Å². The number of piperazine rings is 1. The molecular weight excluding hydrogens is 312 g/mol. The number of rotatable bonds is 6. The Labute approximate surface area is 149 Å². The molecule has 0 radical (unpaired) electrons. The molecule has 0 bridgehead atoms. The first-order chi connectivity index (χ1) is 12.2. The van der Waals surface area contributed by atoms with Crippen LogP contribution in [0.3, 0.4) is 0 Å². The Morgan fingerprint density at radius 2 is 1.60 bits per heavy atom. The van der Waals surface area contributed by atoms with Gasteiger partial charge in [0.25, 0.3) is 0 Å². The van der Waals surface area contributed by atoms with Gasteiger partial charge >= 0.3 is 0 Å². The van der Waals surface area contributed by atoms with Gasteiger partial charge in [0, 0.05) is 45.0 Å². The number of anilines is 1. The molecule has 0 aromatic heterocycles. The Bertz CT molecular complexity index is 681. The van der Waals surface area contributed by atoms with Crippen LogP contribution in [0.2, 0.25) is 0 Å². The van der Waals surface area contributed by atoms with Crippen LogP contribution in [0.15, 0.2) is 54.6 Å². The highest BCUT2D eigenvalue weighted by molar-refractivity contribution is 5.78. The highest BCUT2D eigenvalue weighted by atomic mass is 16.2. The van der Waals surface area contributed by atoms with E-state index < -0.39 is 0 Å². The highest BCUT2D eigenvalue weighted by Gasteiger charge is 2.18. The van der Waals surface area contributed by atoms with Crippen LogP contribution in [0.4, 0.5) is 5.69 Å². The van der Waals surface area contributed by atoms with E-state index in [9.17, 15) is 4.79 Å². The van der Waals surface area contributed by atoms with Crippen molar-refractivity contribution in [2.75, 3.05) is 38.5 Å². The van der Waals surface area contributed by atoms with Gasteiger partial charge in [-0.3, -0.25) is 14.6 Å². The van der Waals surface area contributed by atoms with E-state index in [0.717, 1.165) is 44.0 Å². The second-order valence-electron chi connectivity index (χ2n) is 6.56. The van der Waals surface area contributed by atoms with Gasteiger partial charge in [0.1, 0.15) is 0 Å². The van der Waals surface area contributed by atoms with Crippen molar-refractivity contribution in [2.24, 2.45) is 0 Å². The van der Waals surface area contributed by atoms with Crippen LogP contribution in [0, 0.1) is 0 Å². The zero-order valence-corrected chi connectivity index (χ0v) is 14.5. The van der Waals surface area contributed by atoms with Crippen LogP contribution in [-0.4, -0.2) is 48.4 Å². The van der Waals surface area contributed by atoms with Gasteiger partial charge in [-0.05, 0) is 23.3 Å². The van der Waals surface area contributed by atoms with E-state index in [1.165, 1.54) is 5.56 Å². The summed E-state index contributed by atoms with van der Waals surface area (Å²) in [5.74, 6) is 0.0909. The maximum absolute atomic E-state index is 12.1. The lowest BCUT2D eigenvalue weighted by atomic mass is 10.2. The number of nitrogen functional groups attached to an aromatic ring is 1. The Morgan fingerprint density at radius 3 is 2.32 bits per heavy atom. The predicted molar refractivity (Wildman–Crippen MR) is 101 cm³/mol. The summed E-state index contributed by atoms with van der Waals surface area (Å²) < 4.78 is 0. The maximum atomic E-state index is 12.1. The molecule has 132 valence electrons. The summed E-state index contributed by atoms with van der Waals surface area (Å²) in [7, 11) is 0. The molecule has 2 aromatic rings. The number of carbonyl (C=O) groups is 1. The summed E-state index contributed by atoms with van der Waals surface area (Å²) in [6.45, 7) is 5.76. The Hall–Kier alpha value is -2.37. The Kier molecular flexibility index (Phi) is 6.04. The van der Waals surface area contributed by atoms with E-state index in [2.05, 4.69) is 21.2 Å². The number of nitrogens with one attached hydrogen (secondary N) is 1. The number of nitrogens with two attached hydrogens (primary N) is 1. The first-order valence-corrected chi connectivity index (χ1v) is 8.79. The van der Waals surface area contributed by atoms with Crippen molar-refractivity contribution < 1.29 is 4.79 Å². The minimum Gasteiger partial charge on any atom is -0.399 e. The highest BCUT2D eigenvalue weighted by Crippen LogP contribution is 2.11. The fourth-order valence-electron chi connectivity index (χ4n) is 3.11. The molecule has 1 fully saturated rings. The molecule has 1 aliphatic heterocycles. The monoisotopic (exact) mass is 338 g/mol. The zero-order chi connectivity index (χ0) is 17.5. The molecule has 1 saturated heterocycles. The van der Waals surface area contributed by atoms with Gasteiger partial charge in [0.05, 0.1) is 6.54 Å². The summed E-state index contributed by atoms with van der Waals surface area (Å²) in [6.07, 6.45) is 0. The van der Waals surface area contributed by atoms with E-state index in [1.54, 1.807) is 0 Å². The summed E-state index contributed by atoms with van der Waals surface area (Å²) in [5, 5.41) is 3.00. The number of nitrogens with zero attached hydrogens (tertiary/aromatic N) is 2. The van der Waals surface area contributed by atoms with Gasteiger partial charge in [-0.25, -0.2) is 0 Å². The fourth-order valence-corrected chi connectivity index (χ4v) is 3.11. The van der Waals surface area contributed by atoms with Crippen LogP contribution < -0.4 is 11.1 Å². The van der Waals surface area contributed by atoms with Crippen LogP contribution in [-0.2, 0) is 17.9 Å². The van der Waals surface area contributed by atoms with Gasteiger partial charge in [-0.2, -0.15) is 0 Å². The van der Waals surface area contributed by atoms with Gasteiger partial charge < -0.3 is 11.1 Å². The molecule has 5 heteroatoms. The molecule has 2 aromatic carbocycles. The van der Waals surface area contributed by atoms with Gasteiger partial charge in [-0.15, -0.1) is 0 Å². The summed E-state index contributed by atoms with van der Waals surface area (Å²) >= 11 is 0. The normalized spacial score (nSPS) is 15.8. The quantitative estimate of drug-likeness (QED) is 0.787. The Morgan fingerprint density at radius 1 is 0.920 bits per heavy atom. The number of carbonyl (C=O) groups excluding carboxylic acids is 1. The minimum absolute atomic E-state index is 0.0909. The van der Waals surface area contributed by atoms with E-state index in [-0.39, 0.29) is 5.91 Å². The van der Waals surface area contributed by atoms with Crippen molar-refractivity contribution >= 4 is 11.6 Å². The second kappa shape index (κ2) is 8.65. The second-order valence-corrected chi connectivity index (χ2v) is 6.56. The average Bonchev–Trinajstić information content (AvgIpc) is 2.63. The van der Waals surface area contributed by atoms with E-state index in [1.807, 2.05) is 48.5 Å². The topological polar surface area (TPSA) is 61.6 Å². The summed E-state index contributed by atoms with van der Waals surface area (Å²) in [4.78, 5) is 16.7. The van der Waals surface area contributed by atoms with E-state index >= 15 is 0 Å². The maximum Gasteiger partial charge on any atom is 0.234 e. The van der Waals surface area contributed by atoms with Crippen LogP contribution in [0.1, 0.15) is 11.1 Å². The molecule has 0 saturated carbocycles. The molecule has 0 spiro atoms. The molecule has 3 rings (SSSR count). The third kappa shape index (κ3) is 5.59. The first-order valence-electron chi connectivity index (χ1n) is 8.79. The third-order valence-electron chi connectivity index (χ3n) is 4.52. The number of benzene rings is 2. The van der Waals surface area contributed by atoms with Crippen molar-refractivity contribution in [1.29, 1.82) is 0 Å². The van der Waals surface area contributed by atoms with Crippen molar-refractivity contribution in [3.8, 4) is 0 Å². The number of hydrogen-bond donors (Lipinski definition) is 2. The SMILES string of the molecule is Nc1cccc(CN2CCN(CC(=O)NCc3ccccc3)CC2)c1. The Balaban J connectivity index is 1.38. The number of amides is 1. The van der Waals surface area contributed by atoms with E-state index in [4.69, 9.17) is 5.73 Å². The average molecular weight is 338 g/mol. The van der Waals surface area contributed by atoms with Crippen molar-refractivity contribution in [3.63, 3.8) is 0 Å². The summed E-state index contributed by atoms with van der Waals surface area (Å²) in [5.41, 5.74) is 9.02. The minimum atomic E-state index is 0.0909. The smallest absolute Gasteiger partial charge is 0.234 e. The van der Waals surface area contributed by atoms with Crippen LogP contribution >= 0.6 is 0 Å². The van der Waals surface area contributed by atoms with Gasteiger partial charge in [-0.1, -0.05) is 42.5 Å². The van der Waals surface area contributed by atoms with Crippen LogP contribution in [0.5, 0.6) is 0 Å². The first kappa shape index (κ1) is 17.5. The zero-order valence-electron chi connectivity index (χ0n) is 14.5. The van der Waals surface area contributed by atoms with Crippen molar-refractivity contribution in [1.82, 2.24) is 15.1 Å². The molecule has 0 atom stereocenters. The van der Waals surface area contributed by atoms with Crippen molar-refractivity contribution in [3.05, 3.63) is 65.7 Å². The number of hydrogen-bond acceptors (Lipinski definition) is 4. The van der Waals surface area contributed by atoms with Crippen molar-refractivity contribution in [2.45, 2.75) is 13.1 Å². The van der Waals surface area contributed by atoms with Gasteiger partial charge in [0.15, 0.2) is 0 Å². The standard InChI is InChI=1S/C20H26N4O/c21-19-8-4-7-18(13-19)15-23-9-11-24(12-10-23)16-20(25)22-14-17-5-2-1-3-6-17/h1-8,13H,9-12,14-16,21H2,(H,22,25). The molecule has 1 aliphatic rings. The molecule has 3 N–H and O–H groups in total. The predicted octanol–water partition coefficient (Wildman–Crippen LogP) is 1.70. The molecule has 5 nitrogen and oxygen atoms in total. The molecule has 0 unspecified atom stereocenters. The molecule has 1 heterocycles. The lowest BCUT2D eigenvalue weighted by Gasteiger charge is -2.34. The molecular formula is C20H26N4O. The third-order valence-corrected chi connectivity index (χ3v) is 4.52. The largest absolute Gasteiger partial charge is 0.399 e.